The lowest BCUT2D eigenvalue weighted by molar-refractivity contribution is -0.141. The average Bonchev–Trinajstić information content (AvgIpc) is 3.46. The maximum absolute atomic E-state index is 13.5. The molecule has 0 aliphatic carbocycles. The Morgan fingerprint density at radius 3 is 2.48 bits per heavy atom. The maximum atomic E-state index is 13.5. The van der Waals surface area contributed by atoms with Crippen LogP contribution in [-0.2, 0) is 26.2 Å². The van der Waals surface area contributed by atoms with Crippen molar-refractivity contribution in [3.8, 4) is 11.3 Å². The van der Waals surface area contributed by atoms with Crippen molar-refractivity contribution in [2.24, 2.45) is 12.8 Å². The van der Waals surface area contributed by atoms with E-state index in [0.717, 1.165) is 36.2 Å². The van der Waals surface area contributed by atoms with Crippen molar-refractivity contribution in [3.63, 3.8) is 0 Å². The summed E-state index contributed by atoms with van der Waals surface area (Å²) in [6, 6.07) is 4.77. The predicted molar refractivity (Wildman–Crippen MR) is 142 cm³/mol. The molecule has 0 saturated heterocycles. The van der Waals surface area contributed by atoms with E-state index in [2.05, 4.69) is 20.7 Å². The van der Waals surface area contributed by atoms with Gasteiger partial charge in [0, 0.05) is 31.0 Å². The van der Waals surface area contributed by atoms with E-state index in [0.29, 0.717) is 41.0 Å². The van der Waals surface area contributed by atoms with Gasteiger partial charge in [0.1, 0.15) is 6.54 Å². The van der Waals surface area contributed by atoms with Gasteiger partial charge in [0.05, 0.1) is 17.5 Å². The highest BCUT2D eigenvalue weighted by molar-refractivity contribution is 6.03. The summed E-state index contributed by atoms with van der Waals surface area (Å²) in [4.78, 5) is 29.5. The minimum atomic E-state index is -4.91. The van der Waals surface area contributed by atoms with Gasteiger partial charge in [0.15, 0.2) is 11.5 Å². The van der Waals surface area contributed by atoms with E-state index in [9.17, 15) is 31.5 Å². The van der Waals surface area contributed by atoms with Gasteiger partial charge in [-0.25, -0.2) is 13.8 Å². The number of carbonyl (C=O) groups excluding carboxylic acids is 2. The molecule has 0 atom stereocenters. The van der Waals surface area contributed by atoms with Crippen LogP contribution in [0.3, 0.4) is 0 Å². The summed E-state index contributed by atoms with van der Waals surface area (Å²) in [6.45, 7) is 1.95. The Morgan fingerprint density at radius 2 is 1.85 bits per heavy atom. The van der Waals surface area contributed by atoms with Crippen molar-refractivity contribution in [2.75, 3.05) is 18.4 Å². The number of hydrogen-bond donors (Lipinski definition) is 3. The van der Waals surface area contributed by atoms with Gasteiger partial charge in [-0.15, -0.1) is 12.4 Å². The molecule has 0 unspecified atom stereocenters. The van der Waals surface area contributed by atoms with Crippen LogP contribution >= 0.6 is 12.4 Å². The summed E-state index contributed by atoms with van der Waals surface area (Å²) in [5, 5.41) is 8.77. The van der Waals surface area contributed by atoms with E-state index in [1.165, 1.54) is 7.05 Å². The predicted octanol–water partition coefficient (Wildman–Crippen LogP) is 4.66. The highest BCUT2D eigenvalue weighted by Gasteiger charge is 2.38. The molecule has 0 aliphatic rings. The minimum Gasteiger partial charge on any atom is -0.352 e. The fraction of sp³-hybridized carbons (Fsp3) is 0.440. The third-order valence-corrected chi connectivity index (χ3v) is 5.98. The SMILES string of the molecule is CCc1cc(NC(=O)c2ncc(-c3cn(CC(F)F)nc3C(F)(F)F)n2C)ccc1C(=O)NCCCCCN.Cl. The number of aromatic nitrogens is 4. The second kappa shape index (κ2) is 14.2. The zero-order valence-electron chi connectivity index (χ0n) is 21.9. The quantitative estimate of drug-likeness (QED) is 0.209. The number of nitrogens with one attached hydrogen (secondary N) is 2. The van der Waals surface area contributed by atoms with Crippen LogP contribution in [0, 0.1) is 0 Å². The van der Waals surface area contributed by atoms with Crippen LogP contribution in [0.1, 0.15) is 58.4 Å². The molecular weight excluding hydrogens is 561 g/mol. The Kier molecular flexibility index (Phi) is 11.6. The molecule has 0 spiro atoms. The fourth-order valence-electron chi connectivity index (χ4n) is 4.04. The first kappa shape index (κ1) is 32.7. The van der Waals surface area contributed by atoms with Crippen molar-refractivity contribution in [3.05, 3.63) is 53.2 Å². The molecule has 3 aromatic rings. The summed E-state index contributed by atoms with van der Waals surface area (Å²) >= 11 is 0. The molecule has 2 amide bonds. The molecule has 220 valence electrons. The Balaban J connectivity index is 0.00000560. The number of alkyl halides is 5. The van der Waals surface area contributed by atoms with Gasteiger partial charge in [-0.2, -0.15) is 18.3 Å². The number of halogens is 6. The van der Waals surface area contributed by atoms with Crippen LogP contribution in [0.5, 0.6) is 0 Å². The lowest BCUT2D eigenvalue weighted by atomic mass is 10.0. The van der Waals surface area contributed by atoms with Crippen LogP contribution < -0.4 is 16.4 Å². The number of aryl methyl sites for hydroxylation is 1. The summed E-state index contributed by atoms with van der Waals surface area (Å²) in [6.07, 6.45) is -2.81. The van der Waals surface area contributed by atoms with E-state index < -0.39 is 36.3 Å². The zero-order chi connectivity index (χ0) is 28.7. The molecule has 2 heterocycles. The number of nitrogens with zero attached hydrogens (tertiary/aromatic N) is 4. The first-order valence-electron chi connectivity index (χ1n) is 12.3. The van der Waals surface area contributed by atoms with Crippen molar-refractivity contribution < 1.29 is 31.5 Å². The van der Waals surface area contributed by atoms with E-state index in [1.807, 2.05) is 6.92 Å². The van der Waals surface area contributed by atoms with E-state index in [-0.39, 0.29) is 29.8 Å². The number of imidazole rings is 1. The molecule has 0 bridgehead atoms. The number of nitrogens with two attached hydrogens (primary N) is 1. The lowest BCUT2D eigenvalue weighted by Gasteiger charge is -2.12. The van der Waals surface area contributed by atoms with Crippen molar-refractivity contribution in [1.82, 2.24) is 24.6 Å². The minimum absolute atomic E-state index is 0. The molecule has 9 nitrogen and oxygen atoms in total. The van der Waals surface area contributed by atoms with Crippen LogP contribution in [-0.4, -0.2) is 50.7 Å². The van der Waals surface area contributed by atoms with Gasteiger partial charge in [-0.3, -0.25) is 14.3 Å². The van der Waals surface area contributed by atoms with E-state index in [4.69, 9.17) is 5.73 Å². The number of hydrogen-bond acceptors (Lipinski definition) is 5. The number of amides is 2. The normalized spacial score (nSPS) is 11.4. The number of rotatable bonds is 12. The zero-order valence-corrected chi connectivity index (χ0v) is 22.7. The van der Waals surface area contributed by atoms with Crippen molar-refractivity contribution >= 4 is 29.9 Å². The summed E-state index contributed by atoms with van der Waals surface area (Å²) < 4.78 is 67.7. The highest BCUT2D eigenvalue weighted by Crippen LogP contribution is 2.36. The number of benzene rings is 1. The molecule has 0 aliphatic heterocycles. The first-order chi connectivity index (χ1) is 18.5. The molecule has 4 N–H and O–H groups in total. The number of carbonyl (C=O) groups is 2. The molecule has 3 rings (SSSR count). The van der Waals surface area contributed by atoms with E-state index in [1.54, 1.807) is 18.2 Å². The second-order valence-electron chi connectivity index (χ2n) is 8.81. The van der Waals surface area contributed by atoms with Crippen molar-refractivity contribution in [2.45, 2.75) is 51.8 Å². The molecule has 2 aromatic heterocycles. The Bertz CT molecular complexity index is 1310. The first-order valence-corrected chi connectivity index (χ1v) is 12.3. The Hall–Kier alpha value is -3.52. The molecule has 0 fully saturated rings. The molecule has 15 heteroatoms. The average molecular weight is 592 g/mol. The smallest absolute Gasteiger partial charge is 0.352 e. The van der Waals surface area contributed by atoms with Crippen LogP contribution in [0.15, 0.2) is 30.6 Å². The maximum Gasteiger partial charge on any atom is 0.435 e. The van der Waals surface area contributed by atoms with Gasteiger partial charge in [0.2, 0.25) is 0 Å². The van der Waals surface area contributed by atoms with Gasteiger partial charge >= 0.3 is 6.18 Å². The molecular formula is C25H31ClF5N7O2. The number of unbranched alkanes of at least 4 members (excludes halogenated alkanes) is 2. The highest BCUT2D eigenvalue weighted by atomic mass is 35.5. The third kappa shape index (κ3) is 8.01. The van der Waals surface area contributed by atoms with Gasteiger partial charge in [-0.1, -0.05) is 13.3 Å². The number of anilines is 1. The van der Waals surface area contributed by atoms with E-state index >= 15 is 0 Å². The third-order valence-electron chi connectivity index (χ3n) is 5.98. The van der Waals surface area contributed by atoms with Crippen LogP contribution in [0.25, 0.3) is 11.3 Å². The van der Waals surface area contributed by atoms with Gasteiger partial charge in [-0.05, 0) is 49.6 Å². The van der Waals surface area contributed by atoms with Crippen LogP contribution in [0.2, 0.25) is 0 Å². The summed E-state index contributed by atoms with van der Waals surface area (Å²) in [7, 11) is 1.33. The molecule has 0 saturated carbocycles. The van der Waals surface area contributed by atoms with Gasteiger partial charge < -0.3 is 20.9 Å². The second-order valence-corrected chi connectivity index (χ2v) is 8.81. The summed E-state index contributed by atoms with van der Waals surface area (Å²) in [5.41, 5.74) is 5.02. The van der Waals surface area contributed by atoms with Crippen molar-refractivity contribution in [1.29, 1.82) is 0 Å². The Morgan fingerprint density at radius 1 is 1.12 bits per heavy atom. The van der Waals surface area contributed by atoms with Gasteiger partial charge in [0.25, 0.3) is 18.2 Å². The Labute approximate surface area is 233 Å². The molecule has 0 radical (unpaired) electrons. The summed E-state index contributed by atoms with van der Waals surface area (Å²) in [5.74, 6) is -1.16. The molecule has 40 heavy (non-hydrogen) atoms. The monoisotopic (exact) mass is 591 g/mol. The standard InChI is InChI=1S/C25H30F5N7O2.ClH/c1-3-15-11-16(7-8-17(15)23(38)32-10-6-4-5-9-31)34-24(39)22-33-12-19(36(22)2)18-13-37(14-20(26)27)35-21(18)25(28,29)30;/h7-8,11-13,20H,3-6,9-10,14,31H2,1-2H3,(H,32,38)(H,34,39);1H. The topological polar surface area (TPSA) is 120 Å². The lowest BCUT2D eigenvalue weighted by Crippen LogP contribution is -2.25. The largest absolute Gasteiger partial charge is 0.435 e. The van der Waals surface area contributed by atoms with Crippen LogP contribution in [0.4, 0.5) is 27.6 Å². The molecule has 1 aromatic carbocycles. The fourth-order valence-corrected chi connectivity index (χ4v) is 4.04.